The number of guanidine groups is 1. The van der Waals surface area contributed by atoms with Crippen LogP contribution in [0.4, 0.5) is 0 Å². The molecule has 2 unspecified atom stereocenters. The lowest BCUT2D eigenvalue weighted by atomic mass is 9.84. The van der Waals surface area contributed by atoms with Crippen LogP contribution in [0.25, 0.3) is 0 Å². The molecule has 0 spiro atoms. The molecule has 0 bridgehead atoms. The summed E-state index contributed by atoms with van der Waals surface area (Å²) in [5.41, 5.74) is 2.60. The van der Waals surface area contributed by atoms with Gasteiger partial charge in [0, 0.05) is 32.0 Å². The third-order valence-electron chi connectivity index (χ3n) is 4.75. The summed E-state index contributed by atoms with van der Waals surface area (Å²) in [7, 11) is 1.85. The van der Waals surface area contributed by atoms with Crippen molar-refractivity contribution in [3.05, 3.63) is 29.6 Å². The number of nitrogens with one attached hydrogen (secondary N) is 2. The van der Waals surface area contributed by atoms with Crippen molar-refractivity contribution in [1.82, 2.24) is 15.6 Å². The first-order valence-corrected chi connectivity index (χ1v) is 8.59. The Labute approximate surface area is 158 Å². The Hall–Kier alpha value is -0.850. The van der Waals surface area contributed by atoms with Crippen molar-refractivity contribution in [2.45, 2.75) is 58.4 Å². The molecule has 1 heterocycles. The van der Waals surface area contributed by atoms with Crippen LogP contribution in [0.3, 0.4) is 0 Å². The summed E-state index contributed by atoms with van der Waals surface area (Å²) < 4.78 is 0. The molecule has 23 heavy (non-hydrogen) atoms. The summed E-state index contributed by atoms with van der Waals surface area (Å²) in [4.78, 5) is 8.51. The van der Waals surface area contributed by atoms with Crippen LogP contribution in [0.15, 0.2) is 23.5 Å². The minimum Gasteiger partial charge on any atom is -0.356 e. The quantitative estimate of drug-likeness (QED) is 0.426. The average molecular weight is 430 g/mol. The second-order valence-corrected chi connectivity index (χ2v) is 6.33. The van der Waals surface area contributed by atoms with Crippen LogP contribution < -0.4 is 10.6 Å². The Morgan fingerprint density at radius 1 is 1.39 bits per heavy atom. The van der Waals surface area contributed by atoms with Crippen LogP contribution in [-0.4, -0.2) is 30.6 Å². The molecule has 2 atom stereocenters. The molecule has 1 aromatic rings. The third-order valence-corrected chi connectivity index (χ3v) is 4.75. The van der Waals surface area contributed by atoms with E-state index in [2.05, 4.69) is 40.5 Å². The number of aliphatic imine (C=N–C) groups is 1. The standard InChI is InChI=1S/C18H30N4.HI/c1-4-15-6-5-7-17(12-15)22-18(19-3)21-11-9-16-8-10-20-13-14(16)2;/h8,10,13,15,17H,4-7,9,11-12H2,1-3H3,(H2,19,21,22);1H. The molecule has 1 aliphatic rings. The highest BCUT2D eigenvalue weighted by molar-refractivity contribution is 14.0. The zero-order valence-corrected chi connectivity index (χ0v) is 17.0. The summed E-state index contributed by atoms with van der Waals surface area (Å²) in [5.74, 6) is 1.82. The summed E-state index contributed by atoms with van der Waals surface area (Å²) in [6, 6.07) is 2.67. The van der Waals surface area contributed by atoms with E-state index in [1.54, 1.807) is 0 Å². The molecule has 1 aromatic heterocycles. The van der Waals surface area contributed by atoms with Gasteiger partial charge in [-0.3, -0.25) is 9.98 Å². The number of rotatable bonds is 5. The number of aromatic nitrogens is 1. The second kappa shape index (κ2) is 10.8. The van der Waals surface area contributed by atoms with Crippen LogP contribution in [0.2, 0.25) is 0 Å². The SMILES string of the molecule is CCC1CCCC(NC(=NC)NCCc2ccncc2C)C1.I. The molecule has 130 valence electrons. The van der Waals surface area contributed by atoms with Gasteiger partial charge in [0.05, 0.1) is 0 Å². The predicted molar refractivity (Wildman–Crippen MR) is 109 cm³/mol. The normalized spacial score (nSPS) is 21.4. The van der Waals surface area contributed by atoms with Crippen LogP contribution in [0.5, 0.6) is 0 Å². The minimum absolute atomic E-state index is 0. The Kier molecular flexibility index (Phi) is 9.52. The molecular weight excluding hydrogens is 399 g/mol. The van der Waals surface area contributed by atoms with E-state index in [-0.39, 0.29) is 24.0 Å². The first-order valence-electron chi connectivity index (χ1n) is 8.59. The molecule has 2 rings (SSSR count). The molecule has 0 amide bonds. The van der Waals surface area contributed by atoms with E-state index < -0.39 is 0 Å². The van der Waals surface area contributed by atoms with E-state index in [1.165, 1.54) is 43.2 Å². The number of pyridine rings is 1. The molecule has 0 aliphatic heterocycles. The maximum atomic E-state index is 4.37. The van der Waals surface area contributed by atoms with Gasteiger partial charge in [0.15, 0.2) is 5.96 Å². The van der Waals surface area contributed by atoms with Crippen LogP contribution in [-0.2, 0) is 6.42 Å². The van der Waals surface area contributed by atoms with Gasteiger partial charge in [0.2, 0.25) is 0 Å². The van der Waals surface area contributed by atoms with Gasteiger partial charge in [-0.15, -0.1) is 24.0 Å². The smallest absolute Gasteiger partial charge is 0.191 e. The van der Waals surface area contributed by atoms with Crippen LogP contribution in [0, 0.1) is 12.8 Å². The molecule has 1 aliphatic carbocycles. The molecule has 0 saturated heterocycles. The van der Waals surface area contributed by atoms with Crippen molar-refractivity contribution in [1.29, 1.82) is 0 Å². The minimum atomic E-state index is 0. The van der Waals surface area contributed by atoms with Gasteiger partial charge in [0.1, 0.15) is 0 Å². The van der Waals surface area contributed by atoms with Crippen molar-refractivity contribution >= 4 is 29.9 Å². The molecular formula is C18H31IN4. The second-order valence-electron chi connectivity index (χ2n) is 6.33. The van der Waals surface area contributed by atoms with Gasteiger partial charge < -0.3 is 10.6 Å². The zero-order chi connectivity index (χ0) is 15.8. The number of hydrogen-bond acceptors (Lipinski definition) is 2. The number of aryl methyl sites for hydroxylation is 1. The fraction of sp³-hybridized carbons (Fsp3) is 0.667. The lowest BCUT2D eigenvalue weighted by Gasteiger charge is -2.30. The maximum Gasteiger partial charge on any atom is 0.191 e. The Morgan fingerprint density at radius 2 is 2.22 bits per heavy atom. The van der Waals surface area contributed by atoms with Gasteiger partial charge >= 0.3 is 0 Å². The van der Waals surface area contributed by atoms with E-state index >= 15 is 0 Å². The molecule has 1 saturated carbocycles. The zero-order valence-electron chi connectivity index (χ0n) is 14.6. The number of hydrogen-bond donors (Lipinski definition) is 2. The molecule has 0 radical (unpaired) electrons. The van der Waals surface area contributed by atoms with Gasteiger partial charge in [-0.2, -0.15) is 0 Å². The number of halogens is 1. The molecule has 4 nitrogen and oxygen atoms in total. The molecule has 1 fully saturated rings. The van der Waals surface area contributed by atoms with Crippen LogP contribution in [0.1, 0.15) is 50.2 Å². The van der Waals surface area contributed by atoms with Gasteiger partial charge in [-0.1, -0.05) is 26.2 Å². The summed E-state index contributed by atoms with van der Waals surface area (Å²) in [6.45, 7) is 5.31. The highest BCUT2D eigenvalue weighted by Gasteiger charge is 2.21. The first-order chi connectivity index (χ1) is 10.7. The summed E-state index contributed by atoms with van der Waals surface area (Å²) in [6.07, 6.45) is 11.4. The fourth-order valence-electron chi connectivity index (χ4n) is 3.28. The Balaban J connectivity index is 0.00000264. The lowest BCUT2D eigenvalue weighted by Crippen LogP contribution is -2.45. The Morgan fingerprint density at radius 3 is 2.91 bits per heavy atom. The van der Waals surface area contributed by atoms with Crippen molar-refractivity contribution in [3.63, 3.8) is 0 Å². The first kappa shape index (κ1) is 20.2. The van der Waals surface area contributed by atoms with E-state index in [0.717, 1.165) is 24.8 Å². The monoisotopic (exact) mass is 430 g/mol. The Bertz CT molecular complexity index is 490. The van der Waals surface area contributed by atoms with Crippen molar-refractivity contribution in [2.24, 2.45) is 10.9 Å². The van der Waals surface area contributed by atoms with E-state index in [4.69, 9.17) is 0 Å². The summed E-state index contributed by atoms with van der Waals surface area (Å²) in [5, 5.41) is 7.04. The predicted octanol–water partition coefficient (Wildman–Crippen LogP) is 3.68. The topological polar surface area (TPSA) is 49.3 Å². The molecule has 5 heteroatoms. The number of nitrogens with zero attached hydrogens (tertiary/aromatic N) is 2. The third kappa shape index (κ3) is 6.65. The van der Waals surface area contributed by atoms with Crippen molar-refractivity contribution in [2.75, 3.05) is 13.6 Å². The molecule has 0 aromatic carbocycles. The maximum absolute atomic E-state index is 4.37. The van der Waals surface area contributed by atoms with Crippen molar-refractivity contribution in [3.8, 4) is 0 Å². The van der Waals surface area contributed by atoms with E-state index in [0.29, 0.717) is 6.04 Å². The van der Waals surface area contributed by atoms with Gasteiger partial charge in [-0.05, 0) is 49.3 Å². The largest absolute Gasteiger partial charge is 0.356 e. The van der Waals surface area contributed by atoms with Gasteiger partial charge in [0.25, 0.3) is 0 Å². The van der Waals surface area contributed by atoms with Gasteiger partial charge in [-0.25, -0.2) is 0 Å². The summed E-state index contributed by atoms with van der Waals surface area (Å²) >= 11 is 0. The fourth-order valence-corrected chi connectivity index (χ4v) is 3.28. The highest BCUT2D eigenvalue weighted by Crippen LogP contribution is 2.26. The molecule has 2 N–H and O–H groups in total. The van der Waals surface area contributed by atoms with E-state index in [1.807, 2.05) is 19.4 Å². The van der Waals surface area contributed by atoms with E-state index in [9.17, 15) is 0 Å². The van der Waals surface area contributed by atoms with Crippen molar-refractivity contribution < 1.29 is 0 Å². The van der Waals surface area contributed by atoms with Crippen LogP contribution >= 0.6 is 24.0 Å². The lowest BCUT2D eigenvalue weighted by molar-refractivity contribution is 0.298. The highest BCUT2D eigenvalue weighted by atomic mass is 127. The average Bonchev–Trinajstić information content (AvgIpc) is 2.55.